The lowest BCUT2D eigenvalue weighted by Gasteiger charge is -2.45. The second-order valence-corrected chi connectivity index (χ2v) is 33.1. The number of hydrogen-bond donors (Lipinski definition) is 0. The van der Waals surface area contributed by atoms with Crippen molar-refractivity contribution in [1.29, 1.82) is 0 Å². The SMILES string of the molecule is c1ccc(-c2ccc3c(c2)B2c4cc(-c5ccccc5)ccc4N(c4cccc([Si](c5ccccc5)(c5ccccc5)c5ccccc5)c4)c4cc(-n5c6ccccc6c6ccccc65)cc(c42)N3c2cccc([Si](c3ccccc3)(c3ccccc3)c3ccccc3)c2)cc1. The maximum Gasteiger partial charge on any atom is 0.252 e. The van der Waals surface area contributed by atoms with Gasteiger partial charge in [-0.3, -0.25) is 0 Å². The zero-order chi connectivity index (χ0) is 63.6. The van der Waals surface area contributed by atoms with Gasteiger partial charge in [0.25, 0.3) is 6.71 Å². The van der Waals surface area contributed by atoms with Gasteiger partial charge in [-0.2, -0.15) is 0 Å². The summed E-state index contributed by atoms with van der Waals surface area (Å²) in [7, 11) is -6.08. The minimum atomic E-state index is -3.04. The Morgan fingerprint density at radius 3 is 0.854 bits per heavy atom. The third-order valence-electron chi connectivity index (χ3n) is 20.4. The minimum absolute atomic E-state index is 0.198. The molecular formula is C90H64BN3Si2. The van der Waals surface area contributed by atoms with Crippen LogP contribution in [0.5, 0.6) is 0 Å². The van der Waals surface area contributed by atoms with E-state index >= 15 is 0 Å². The minimum Gasteiger partial charge on any atom is -0.311 e. The van der Waals surface area contributed by atoms with Crippen molar-refractivity contribution in [2.24, 2.45) is 0 Å². The molecule has 0 fully saturated rings. The molecule has 18 rings (SSSR count). The molecule has 6 heteroatoms. The van der Waals surface area contributed by atoms with Gasteiger partial charge in [0.1, 0.15) is 0 Å². The van der Waals surface area contributed by atoms with Gasteiger partial charge in [-0.05, 0) is 141 Å². The molecule has 96 heavy (non-hydrogen) atoms. The van der Waals surface area contributed by atoms with Crippen LogP contribution in [0.15, 0.2) is 388 Å². The van der Waals surface area contributed by atoms with Crippen LogP contribution in [0, 0.1) is 0 Å². The van der Waals surface area contributed by atoms with Crippen LogP contribution in [-0.2, 0) is 0 Å². The Morgan fingerprint density at radius 2 is 0.510 bits per heavy atom. The molecule has 15 aromatic carbocycles. The van der Waals surface area contributed by atoms with Gasteiger partial charge in [0.15, 0.2) is 16.1 Å². The summed E-state index contributed by atoms with van der Waals surface area (Å²) < 4.78 is 2.53. The maximum atomic E-state index is 2.64. The Labute approximate surface area is 563 Å². The van der Waals surface area contributed by atoms with Gasteiger partial charge in [-0.15, -0.1) is 0 Å². The highest BCUT2D eigenvalue weighted by Crippen LogP contribution is 2.47. The predicted octanol–water partition coefficient (Wildman–Crippen LogP) is 15.0. The third kappa shape index (κ3) is 9.09. The van der Waals surface area contributed by atoms with Gasteiger partial charge < -0.3 is 14.4 Å². The molecule has 0 atom stereocenters. The second-order valence-electron chi connectivity index (χ2n) is 25.4. The third-order valence-corrected chi connectivity index (χ3v) is 30.0. The summed E-state index contributed by atoms with van der Waals surface area (Å²) in [5, 5.41) is 13.0. The summed E-state index contributed by atoms with van der Waals surface area (Å²) in [5.41, 5.74) is 18.6. The molecule has 0 radical (unpaired) electrons. The molecule has 0 bridgehead atoms. The number of benzene rings is 15. The zero-order valence-electron chi connectivity index (χ0n) is 52.9. The van der Waals surface area contributed by atoms with Crippen LogP contribution in [0.25, 0.3) is 49.7 Å². The van der Waals surface area contributed by atoms with E-state index in [1.165, 1.54) is 90.9 Å². The first-order chi connectivity index (χ1) is 47.6. The summed E-state index contributed by atoms with van der Waals surface area (Å²) in [4.78, 5) is 5.28. The number of anilines is 6. The molecule has 450 valence electrons. The first-order valence-corrected chi connectivity index (χ1v) is 37.3. The van der Waals surface area contributed by atoms with E-state index in [9.17, 15) is 0 Å². The first kappa shape index (κ1) is 56.9. The highest BCUT2D eigenvalue weighted by molar-refractivity contribution is 7.20. The Bertz CT molecular complexity index is 5010. The topological polar surface area (TPSA) is 11.4 Å². The molecule has 1 aromatic heterocycles. The fourth-order valence-corrected chi connectivity index (χ4v) is 26.0. The fraction of sp³-hybridized carbons (Fsp3) is 0. The van der Waals surface area contributed by atoms with E-state index in [4.69, 9.17) is 0 Å². The normalized spacial score (nSPS) is 12.5. The van der Waals surface area contributed by atoms with Gasteiger partial charge in [0.2, 0.25) is 0 Å². The average molecular weight is 1250 g/mol. The van der Waals surface area contributed by atoms with Gasteiger partial charge >= 0.3 is 0 Å². The van der Waals surface area contributed by atoms with Crippen molar-refractivity contribution in [3.05, 3.63) is 388 Å². The molecule has 0 aliphatic carbocycles. The van der Waals surface area contributed by atoms with Crippen LogP contribution in [0.1, 0.15) is 0 Å². The Balaban J connectivity index is 0.976. The molecule has 3 nitrogen and oxygen atoms in total. The lowest BCUT2D eigenvalue weighted by Crippen LogP contribution is -2.74. The van der Waals surface area contributed by atoms with Gasteiger partial charge in [-0.25, -0.2) is 0 Å². The van der Waals surface area contributed by atoms with E-state index in [0.29, 0.717) is 0 Å². The molecule has 0 N–H and O–H groups in total. The Kier molecular flexibility index (Phi) is 14.0. The van der Waals surface area contributed by atoms with Crippen molar-refractivity contribution in [1.82, 2.24) is 4.57 Å². The summed E-state index contributed by atoms with van der Waals surface area (Å²) in [6.07, 6.45) is 0. The van der Waals surface area contributed by atoms with E-state index in [-0.39, 0.29) is 6.71 Å². The standard InChI is InChI=1S/C90H64BN3Si2/c1-9-31-65(32-10-1)67-55-57-86-82(59-67)91-83-60-68(66-33-11-2-12-34-66)56-58-87(83)93(70-36-30-50-79(62-70)96(75-43-19-6-20-44-75,76-45-21-7-22-46-76)77-47-23-8-24-48-77)89-64-71(94-84-53-27-25-51-80(84)81-52-26-28-54-85(81)94)63-88(90(89)91)92(86)69-35-29-49-78(61-69)95(72-37-13-3-14-38-72,73-39-15-4-16-40-73)74-41-17-5-18-42-74/h1-64H. The van der Waals surface area contributed by atoms with Crippen LogP contribution in [-0.4, -0.2) is 27.4 Å². The molecule has 3 heterocycles. The Hall–Kier alpha value is -11.8. The number of hydrogen-bond acceptors (Lipinski definition) is 2. The number of aromatic nitrogens is 1. The fourth-order valence-electron chi connectivity index (χ4n) is 16.4. The summed E-state index contributed by atoms with van der Waals surface area (Å²) in [5.74, 6) is 0. The smallest absolute Gasteiger partial charge is 0.252 e. The van der Waals surface area contributed by atoms with Crippen LogP contribution >= 0.6 is 0 Å². The van der Waals surface area contributed by atoms with Crippen molar-refractivity contribution in [3.8, 4) is 27.9 Å². The van der Waals surface area contributed by atoms with Crippen LogP contribution < -0.4 is 67.7 Å². The molecule has 2 aliphatic heterocycles. The Morgan fingerprint density at radius 1 is 0.208 bits per heavy atom. The zero-order valence-corrected chi connectivity index (χ0v) is 54.9. The predicted molar refractivity (Wildman–Crippen MR) is 413 cm³/mol. The molecular weight excluding hydrogens is 1190 g/mol. The van der Waals surface area contributed by atoms with Crippen LogP contribution in [0.2, 0.25) is 0 Å². The van der Waals surface area contributed by atoms with E-state index in [2.05, 4.69) is 403 Å². The van der Waals surface area contributed by atoms with Gasteiger partial charge in [0.05, 0.1) is 16.7 Å². The van der Waals surface area contributed by atoms with Gasteiger partial charge in [0, 0.05) is 44.9 Å². The van der Waals surface area contributed by atoms with Crippen molar-refractivity contribution < 1.29 is 0 Å². The van der Waals surface area contributed by atoms with E-state index < -0.39 is 16.1 Å². The number of nitrogens with zero attached hydrogens (tertiary/aromatic N) is 3. The number of fused-ring (bicyclic) bond motifs is 7. The quantitative estimate of drug-likeness (QED) is 0.0842. The van der Waals surface area contributed by atoms with Gasteiger partial charge in [-0.1, -0.05) is 328 Å². The molecule has 0 saturated heterocycles. The second kappa shape index (κ2) is 23.6. The maximum absolute atomic E-state index is 3.04. The van der Waals surface area contributed by atoms with Crippen molar-refractivity contribution in [3.63, 3.8) is 0 Å². The molecule has 16 aromatic rings. The van der Waals surface area contributed by atoms with E-state index in [0.717, 1.165) is 50.8 Å². The number of para-hydroxylation sites is 2. The van der Waals surface area contributed by atoms with E-state index in [1.807, 2.05) is 0 Å². The highest BCUT2D eigenvalue weighted by Gasteiger charge is 2.47. The van der Waals surface area contributed by atoms with Crippen molar-refractivity contribution >= 4 is 137 Å². The number of rotatable bonds is 13. The molecule has 0 amide bonds. The largest absolute Gasteiger partial charge is 0.311 e. The average Bonchev–Trinajstić information content (AvgIpc) is 0.797. The summed E-state index contributed by atoms with van der Waals surface area (Å²) >= 11 is 0. The summed E-state index contributed by atoms with van der Waals surface area (Å²) in [6, 6.07) is 147. The molecule has 2 aliphatic rings. The highest BCUT2D eigenvalue weighted by atomic mass is 28.3. The van der Waals surface area contributed by atoms with Crippen LogP contribution in [0.4, 0.5) is 34.1 Å². The lowest BCUT2D eigenvalue weighted by atomic mass is 9.33. The van der Waals surface area contributed by atoms with E-state index in [1.54, 1.807) is 0 Å². The summed E-state index contributed by atoms with van der Waals surface area (Å²) in [6.45, 7) is -0.198. The monoisotopic (exact) mass is 1250 g/mol. The first-order valence-electron chi connectivity index (χ1n) is 33.3. The van der Waals surface area contributed by atoms with Crippen molar-refractivity contribution in [2.45, 2.75) is 0 Å². The molecule has 0 saturated carbocycles. The van der Waals surface area contributed by atoms with Crippen LogP contribution in [0.3, 0.4) is 0 Å². The van der Waals surface area contributed by atoms with Crippen molar-refractivity contribution in [2.75, 3.05) is 9.80 Å². The lowest BCUT2D eigenvalue weighted by molar-refractivity contribution is 1.16. The molecule has 0 unspecified atom stereocenters. The molecule has 0 spiro atoms.